The average Bonchev–Trinajstić information content (AvgIpc) is 2.60. The Kier molecular flexibility index (Phi) is 3.99. The number of nitrogens with one attached hydrogen (secondary N) is 1. The molecule has 92 valence electrons. The Bertz CT molecular complexity index is 546. The van der Waals surface area contributed by atoms with Crippen molar-refractivity contribution in [3.8, 4) is 0 Å². The van der Waals surface area contributed by atoms with Crippen LogP contribution < -0.4 is 5.32 Å². The third kappa shape index (κ3) is 2.60. The first-order valence-electron chi connectivity index (χ1n) is 5.60. The summed E-state index contributed by atoms with van der Waals surface area (Å²) in [5.74, 6) is 0. The van der Waals surface area contributed by atoms with E-state index in [-0.39, 0.29) is 0 Å². The topological polar surface area (TPSA) is 12.0 Å². The maximum atomic E-state index is 6.24. The predicted molar refractivity (Wildman–Crippen MR) is 78.6 cm³/mol. The van der Waals surface area contributed by atoms with E-state index < -0.39 is 0 Å². The first-order chi connectivity index (χ1) is 8.00. The lowest BCUT2D eigenvalue weighted by Crippen LogP contribution is -2.21. The van der Waals surface area contributed by atoms with Gasteiger partial charge >= 0.3 is 0 Å². The Morgan fingerprint density at radius 1 is 1.24 bits per heavy atom. The molecule has 0 bridgehead atoms. The van der Waals surface area contributed by atoms with Gasteiger partial charge in [-0.1, -0.05) is 37.0 Å². The molecule has 0 aliphatic heterocycles. The molecule has 4 heteroatoms. The summed E-state index contributed by atoms with van der Waals surface area (Å²) in [6, 6.07) is 4.21. The number of halogens is 2. The monoisotopic (exact) mass is 287 g/mol. The van der Waals surface area contributed by atoms with E-state index in [1.165, 1.54) is 10.4 Å². The van der Waals surface area contributed by atoms with E-state index in [0.29, 0.717) is 6.04 Å². The molecule has 1 nitrogen and oxygen atoms in total. The van der Waals surface area contributed by atoms with Gasteiger partial charge in [-0.25, -0.2) is 0 Å². The zero-order valence-electron chi connectivity index (χ0n) is 10.1. The maximum absolute atomic E-state index is 6.24. The molecule has 2 aromatic rings. The second kappa shape index (κ2) is 5.15. The fraction of sp³-hybridized carbons (Fsp3) is 0.385. The molecule has 0 saturated heterocycles. The Hall–Kier alpha value is -0.280. The van der Waals surface area contributed by atoms with Gasteiger partial charge in [-0.2, -0.15) is 0 Å². The van der Waals surface area contributed by atoms with Gasteiger partial charge in [0, 0.05) is 27.9 Å². The van der Waals surface area contributed by atoms with Crippen LogP contribution in [0.4, 0.5) is 0 Å². The molecular weight excluding hydrogens is 273 g/mol. The first-order valence-corrected chi connectivity index (χ1v) is 7.17. The van der Waals surface area contributed by atoms with Gasteiger partial charge in [0.25, 0.3) is 0 Å². The Morgan fingerprint density at radius 2 is 1.88 bits per heavy atom. The summed E-state index contributed by atoms with van der Waals surface area (Å²) in [6.07, 6.45) is 0. The summed E-state index contributed by atoms with van der Waals surface area (Å²) in [4.78, 5) is 1.31. The van der Waals surface area contributed by atoms with Gasteiger partial charge in [-0.05, 0) is 24.6 Å². The van der Waals surface area contributed by atoms with Crippen LogP contribution in [0.2, 0.25) is 10.0 Å². The fourth-order valence-electron chi connectivity index (χ4n) is 1.79. The smallest absolute Gasteiger partial charge is 0.0585 e. The summed E-state index contributed by atoms with van der Waals surface area (Å²) < 4.78 is 1.09. The molecule has 1 N–H and O–H groups in total. The summed E-state index contributed by atoms with van der Waals surface area (Å²) >= 11 is 14.2. The van der Waals surface area contributed by atoms with Crippen molar-refractivity contribution in [2.45, 2.75) is 33.4 Å². The van der Waals surface area contributed by atoms with Crippen LogP contribution in [0.15, 0.2) is 12.1 Å². The number of hydrogen-bond acceptors (Lipinski definition) is 2. The van der Waals surface area contributed by atoms with Gasteiger partial charge < -0.3 is 5.32 Å². The Morgan fingerprint density at radius 3 is 2.47 bits per heavy atom. The molecule has 17 heavy (non-hydrogen) atoms. The van der Waals surface area contributed by atoms with E-state index >= 15 is 0 Å². The molecule has 0 fully saturated rings. The molecule has 0 saturated carbocycles. The maximum Gasteiger partial charge on any atom is 0.0585 e. The molecule has 0 atom stereocenters. The normalized spacial score (nSPS) is 11.6. The second-order valence-corrected chi connectivity index (χ2v) is 6.34. The highest BCUT2D eigenvalue weighted by atomic mass is 35.5. The second-order valence-electron chi connectivity index (χ2n) is 4.42. The molecule has 0 aliphatic rings. The molecule has 0 aliphatic carbocycles. The van der Waals surface area contributed by atoms with Gasteiger partial charge in [-0.15, -0.1) is 11.3 Å². The number of aryl methyl sites for hydroxylation is 1. The number of hydrogen-bond donors (Lipinski definition) is 1. The lowest BCUT2D eigenvalue weighted by molar-refractivity contribution is 0.592. The van der Waals surface area contributed by atoms with Gasteiger partial charge in [0.1, 0.15) is 0 Å². The SMILES string of the molecule is Cc1c(CNC(C)C)sc2c(Cl)ccc(Cl)c12. The summed E-state index contributed by atoms with van der Waals surface area (Å²) in [5.41, 5.74) is 1.24. The summed E-state index contributed by atoms with van der Waals surface area (Å²) in [5, 5.41) is 6.10. The number of thiophene rings is 1. The lowest BCUT2D eigenvalue weighted by Gasteiger charge is -2.06. The largest absolute Gasteiger partial charge is 0.310 e. The van der Waals surface area contributed by atoms with Crippen molar-refractivity contribution in [1.82, 2.24) is 5.32 Å². The minimum absolute atomic E-state index is 0.477. The number of benzene rings is 1. The molecular formula is C13H15Cl2NS. The molecule has 0 amide bonds. The molecule has 2 rings (SSSR count). The summed E-state index contributed by atoms with van der Waals surface area (Å²) in [6.45, 7) is 7.26. The minimum Gasteiger partial charge on any atom is -0.310 e. The van der Waals surface area contributed by atoms with Crippen molar-refractivity contribution in [3.63, 3.8) is 0 Å². The van der Waals surface area contributed by atoms with Crippen LogP contribution in [0.5, 0.6) is 0 Å². The molecule has 0 unspecified atom stereocenters. The van der Waals surface area contributed by atoms with Crippen LogP contribution in [0.25, 0.3) is 10.1 Å². The molecule has 1 aromatic heterocycles. The van der Waals surface area contributed by atoms with Gasteiger partial charge in [0.15, 0.2) is 0 Å². The van der Waals surface area contributed by atoms with Crippen molar-refractivity contribution < 1.29 is 0 Å². The third-order valence-electron chi connectivity index (χ3n) is 2.75. The van der Waals surface area contributed by atoms with Crippen molar-refractivity contribution in [1.29, 1.82) is 0 Å². The number of rotatable bonds is 3. The van der Waals surface area contributed by atoms with Crippen LogP contribution in [-0.4, -0.2) is 6.04 Å². The Labute approximate surface area is 116 Å². The van der Waals surface area contributed by atoms with Crippen molar-refractivity contribution in [3.05, 3.63) is 32.6 Å². The third-order valence-corrected chi connectivity index (χ3v) is 4.82. The van der Waals surface area contributed by atoms with Crippen LogP contribution >= 0.6 is 34.5 Å². The quantitative estimate of drug-likeness (QED) is 0.836. The molecule has 0 radical (unpaired) electrons. The standard InChI is InChI=1S/C13H15Cl2NS/c1-7(2)16-6-11-8(3)12-9(14)4-5-10(15)13(12)17-11/h4-5,7,16H,6H2,1-3H3. The average molecular weight is 288 g/mol. The van der Waals surface area contributed by atoms with Gasteiger partial charge in [-0.3, -0.25) is 0 Å². The van der Waals surface area contributed by atoms with E-state index in [0.717, 1.165) is 26.7 Å². The highest BCUT2D eigenvalue weighted by molar-refractivity contribution is 7.20. The van der Waals surface area contributed by atoms with Crippen LogP contribution in [0, 0.1) is 6.92 Å². The first kappa shape index (κ1) is 13.2. The minimum atomic E-state index is 0.477. The van der Waals surface area contributed by atoms with Gasteiger partial charge in [0.2, 0.25) is 0 Å². The van der Waals surface area contributed by atoms with Crippen LogP contribution in [0.3, 0.4) is 0 Å². The molecule has 1 aromatic carbocycles. The van der Waals surface area contributed by atoms with Crippen LogP contribution in [-0.2, 0) is 6.54 Å². The zero-order valence-corrected chi connectivity index (χ0v) is 12.4. The number of fused-ring (bicyclic) bond motifs is 1. The highest BCUT2D eigenvalue weighted by Crippen LogP contribution is 2.39. The predicted octanol–water partition coefficient (Wildman–Crippen LogP) is 5.01. The van der Waals surface area contributed by atoms with Crippen molar-refractivity contribution >= 4 is 44.6 Å². The van der Waals surface area contributed by atoms with E-state index in [4.69, 9.17) is 23.2 Å². The van der Waals surface area contributed by atoms with Gasteiger partial charge in [0.05, 0.1) is 9.72 Å². The highest BCUT2D eigenvalue weighted by Gasteiger charge is 2.13. The fourth-order valence-corrected chi connectivity index (χ4v) is 3.60. The van der Waals surface area contributed by atoms with E-state index in [9.17, 15) is 0 Å². The Balaban J connectivity index is 2.49. The van der Waals surface area contributed by atoms with E-state index in [1.54, 1.807) is 11.3 Å². The van der Waals surface area contributed by atoms with Crippen LogP contribution in [0.1, 0.15) is 24.3 Å². The van der Waals surface area contributed by atoms with E-state index in [1.807, 2.05) is 12.1 Å². The molecule has 0 spiro atoms. The molecule has 1 heterocycles. The van der Waals surface area contributed by atoms with Crippen molar-refractivity contribution in [2.75, 3.05) is 0 Å². The zero-order chi connectivity index (χ0) is 12.6. The van der Waals surface area contributed by atoms with E-state index in [2.05, 4.69) is 26.1 Å². The lowest BCUT2D eigenvalue weighted by atomic mass is 10.1. The van der Waals surface area contributed by atoms with Crippen molar-refractivity contribution in [2.24, 2.45) is 0 Å². The summed E-state index contributed by atoms with van der Waals surface area (Å²) in [7, 11) is 0.